The molecular weight excluding hydrogens is 360 g/mol. The molecule has 2 rings (SSSR count). The predicted octanol–water partition coefficient (Wildman–Crippen LogP) is 3.11. The van der Waals surface area contributed by atoms with E-state index in [9.17, 15) is 23.3 Å². The highest BCUT2D eigenvalue weighted by molar-refractivity contribution is 7.90. The number of piperidine rings is 1. The quantitative estimate of drug-likeness (QED) is 0.585. The van der Waals surface area contributed by atoms with E-state index in [1.807, 2.05) is 0 Å². The molecule has 0 radical (unpaired) electrons. The van der Waals surface area contributed by atoms with Crippen LogP contribution in [0.15, 0.2) is 23.1 Å². The second-order valence-electron chi connectivity index (χ2n) is 7.49. The molecule has 0 spiro atoms. The van der Waals surface area contributed by atoms with Crippen molar-refractivity contribution in [2.24, 2.45) is 0 Å². The van der Waals surface area contributed by atoms with Crippen molar-refractivity contribution in [3.63, 3.8) is 0 Å². The summed E-state index contributed by atoms with van der Waals surface area (Å²) in [5.41, 5.74) is -0.260. The van der Waals surface area contributed by atoms with Gasteiger partial charge in [0.1, 0.15) is 5.60 Å². The molecule has 1 aliphatic heterocycles. The fraction of sp³-hybridized carbons (Fsp3) is 0.588. The molecule has 26 heavy (non-hydrogen) atoms. The first-order chi connectivity index (χ1) is 11.9. The molecule has 1 saturated heterocycles. The SMILES string of the molecule is CC(C)(C)OC(=O)N1CCC(c2ccc(S(C)(=O)=O)cc2[N+](=O)[O-])CC1. The summed E-state index contributed by atoms with van der Waals surface area (Å²) >= 11 is 0. The topological polar surface area (TPSA) is 107 Å². The summed E-state index contributed by atoms with van der Waals surface area (Å²) in [6.07, 6.45) is 1.74. The number of amides is 1. The molecule has 0 aromatic heterocycles. The summed E-state index contributed by atoms with van der Waals surface area (Å²) in [7, 11) is -3.52. The van der Waals surface area contributed by atoms with E-state index in [4.69, 9.17) is 4.74 Å². The number of nitro groups is 1. The van der Waals surface area contributed by atoms with E-state index in [1.165, 1.54) is 12.1 Å². The molecule has 144 valence electrons. The standard InChI is InChI=1S/C17H24N2O6S/c1-17(2,3)25-16(20)18-9-7-12(8-10-18)14-6-5-13(26(4,23)24)11-15(14)19(21)22/h5-6,11-12H,7-10H2,1-4H3. The van der Waals surface area contributed by atoms with Gasteiger partial charge >= 0.3 is 6.09 Å². The lowest BCUT2D eigenvalue weighted by molar-refractivity contribution is -0.386. The maximum atomic E-state index is 12.1. The Morgan fingerprint density at radius 3 is 2.31 bits per heavy atom. The van der Waals surface area contributed by atoms with Crippen molar-refractivity contribution >= 4 is 21.6 Å². The Hall–Kier alpha value is -2.16. The molecule has 1 amide bonds. The molecule has 0 aliphatic carbocycles. The smallest absolute Gasteiger partial charge is 0.410 e. The number of hydrogen-bond donors (Lipinski definition) is 0. The second kappa shape index (κ2) is 7.22. The number of likely N-dealkylation sites (tertiary alicyclic amines) is 1. The summed E-state index contributed by atoms with van der Waals surface area (Å²) in [4.78, 5) is 24.5. The van der Waals surface area contributed by atoms with Crippen molar-refractivity contribution in [1.82, 2.24) is 4.90 Å². The van der Waals surface area contributed by atoms with Crippen LogP contribution in [0.4, 0.5) is 10.5 Å². The summed E-state index contributed by atoms with van der Waals surface area (Å²) in [5, 5.41) is 11.4. The van der Waals surface area contributed by atoms with Crippen LogP contribution in [-0.2, 0) is 14.6 Å². The first kappa shape index (κ1) is 20.2. The summed E-state index contributed by atoms with van der Waals surface area (Å²) in [6, 6.07) is 4.03. The maximum Gasteiger partial charge on any atom is 0.410 e. The average molecular weight is 384 g/mol. The third kappa shape index (κ3) is 4.94. The number of sulfone groups is 1. The zero-order valence-corrected chi connectivity index (χ0v) is 16.2. The van der Waals surface area contributed by atoms with Gasteiger partial charge < -0.3 is 9.64 Å². The Morgan fingerprint density at radius 2 is 1.85 bits per heavy atom. The molecule has 9 heteroatoms. The number of rotatable bonds is 3. The Bertz CT molecular complexity index is 805. The number of carbonyl (C=O) groups is 1. The van der Waals surface area contributed by atoms with Gasteiger partial charge in [-0.2, -0.15) is 0 Å². The Balaban J connectivity index is 2.16. The van der Waals surface area contributed by atoms with Crippen LogP contribution in [0.1, 0.15) is 45.1 Å². The number of hydrogen-bond acceptors (Lipinski definition) is 6. The molecule has 0 N–H and O–H groups in total. The lowest BCUT2D eigenvalue weighted by atomic mass is 9.88. The Labute approximate surface area is 153 Å². The lowest BCUT2D eigenvalue weighted by Crippen LogP contribution is -2.41. The van der Waals surface area contributed by atoms with Crippen molar-refractivity contribution in [3.8, 4) is 0 Å². The summed E-state index contributed by atoms with van der Waals surface area (Å²) in [6.45, 7) is 6.26. The van der Waals surface area contributed by atoms with Crippen LogP contribution >= 0.6 is 0 Å². The normalized spacial score (nSPS) is 16.4. The van der Waals surface area contributed by atoms with E-state index in [2.05, 4.69) is 0 Å². The van der Waals surface area contributed by atoms with E-state index >= 15 is 0 Å². The highest BCUT2D eigenvalue weighted by atomic mass is 32.2. The van der Waals surface area contributed by atoms with Gasteiger partial charge in [0.25, 0.3) is 5.69 Å². The third-order valence-corrected chi connectivity index (χ3v) is 5.32. The monoisotopic (exact) mass is 384 g/mol. The number of benzene rings is 1. The molecule has 0 atom stereocenters. The minimum Gasteiger partial charge on any atom is -0.444 e. The van der Waals surface area contributed by atoms with Gasteiger partial charge in [0, 0.05) is 31.0 Å². The van der Waals surface area contributed by atoms with E-state index < -0.39 is 26.5 Å². The average Bonchev–Trinajstić information content (AvgIpc) is 2.52. The fourth-order valence-corrected chi connectivity index (χ4v) is 3.60. The van der Waals surface area contributed by atoms with E-state index in [-0.39, 0.29) is 16.5 Å². The Kier molecular flexibility index (Phi) is 5.60. The van der Waals surface area contributed by atoms with Crippen LogP contribution in [0.2, 0.25) is 0 Å². The van der Waals surface area contributed by atoms with Crippen LogP contribution in [-0.4, -0.2) is 49.3 Å². The molecule has 8 nitrogen and oxygen atoms in total. The van der Waals surface area contributed by atoms with Gasteiger partial charge in [-0.1, -0.05) is 6.07 Å². The van der Waals surface area contributed by atoms with Crippen molar-refractivity contribution in [2.45, 2.75) is 50.0 Å². The summed E-state index contributed by atoms with van der Waals surface area (Å²) < 4.78 is 28.6. The number of nitro benzene ring substituents is 1. The van der Waals surface area contributed by atoms with Crippen LogP contribution in [0.3, 0.4) is 0 Å². The minimum atomic E-state index is -3.52. The van der Waals surface area contributed by atoms with Gasteiger partial charge in [-0.15, -0.1) is 0 Å². The van der Waals surface area contributed by atoms with Crippen molar-refractivity contribution in [3.05, 3.63) is 33.9 Å². The molecule has 1 fully saturated rings. The van der Waals surface area contributed by atoms with Crippen LogP contribution < -0.4 is 0 Å². The summed E-state index contributed by atoms with van der Waals surface area (Å²) in [5.74, 6) is -0.109. The zero-order valence-electron chi connectivity index (χ0n) is 15.4. The van der Waals surface area contributed by atoms with Gasteiger partial charge in [-0.3, -0.25) is 10.1 Å². The first-order valence-corrected chi connectivity index (χ1v) is 10.2. The molecule has 1 aliphatic rings. The number of ether oxygens (including phenoxy) is 1. The van der Waals surface area contributed by atoms with Gasteiger partial charge in [0.2, 0.25) is 0 Å². The van der Waals surface area contributed by atoms with E-state index in [0.29, 0.717) is 31.5 Å². The molecule has 0 unspecified atom stereocenters. The largest absolute Gasteiger partial charge is 0.444 e. The van der Waals surface area contributed by atoms with Gasteiger partial charge in [-0.25, -0.2) is 13.2 Å². The highest BCUT2D eigenvalue weighted by Gasteiger charge is 2.31. The maximum absolute atomic E-state index is 12.1. The highest BCUT2D eigenvalue weighted by Crippen LogP contribution is 2.35. The second-order valence-corrected chi connectivity index (χ2v) is 9.51. The van der Waals surface area contributed by atoms with E-state index in [1.54, 1.807) is 25.7 Å². The van der Waals surface area contributed by atoms with Gasteiger partial charge in [-0.05, 0) is 45.6 Å². The fourth-order valence-electron chi connectivity index (χ4n) is 2.96. The van der Waals surface area contributed by atoms with Crippen LogP contribution in [0, 0.1) is 10.1 Å². The van der Waals surface area contributed by atoms with E-state index in [0.717, 1.165) is 12.3 Å². The van der Waals surface area contributed by atoms with Crippen molar-refractivity contribution in [2.75, 3.05) is 19.3 Å². The van der Waals surface area contributed by atoms with Crippen LogP contribution in [0.5, 0.6) is 0 Å². The number of nitrogens with zero attached hydrogens (tertiary/aromatic N) is 2. The molecule has 0 saturated carbocycles. The lowest BCUT2D eigenvalue weighted by Gasteiger charge is -2.33. The van der Waals surface area contributed by atoms with Gasteiger partial charge in [0.05, 0.1) is 9.82 Å². The molecule has 0 bridgehead atoms. The molecule has 1 aromatic rings. The number of carbonyl (C=O) groups excluding carboxylic acids is 1. The Morgan fingerprint density at radius 1 is 1.27 bits per heavy atom. The third-order valence-electron chi connectivity index (χ3n) is 4.21. The predicted molar refractivity (Wildman–Crippen MR) is 96.0 cm³/mol. The zero-order chi connectivity index (χ0) is 19.7. The van der Waals surface area contributed by atoms with Gasteiger partial charge in [0.15, 0.2) is 9.84 Å². The van der Waals surface area contributed by atoms with Crippen molar-refractivity contribution < 1.29 is 22.9 Å². The van der Waals surface area contributed by atoms with Crippen LogP contribution in [0.25, 0.3) is 0 Å². The van der Waals surface area contributed by atoms with Crippen molar-refractivity contribution in [1.29, 1.82) is 0 Å². The molecule has 1 heterocycles. The minimum absolute atomic E-state index is 0.0702. The first-order valence-electron chi connectivity index (χ1n) is 8.35. The molecular formula is C17H24N2O6S. The molecule has 1 aromatic carbocycles.